The van der Waals surface area contributed by atoms with Crippen LogP contribution in [0.4, 0.5) is 0 Å². The summed E-state index contributed by atoms with van der Waals surface area (Å²) in [6.45, 7) is 2.28. The average Bonchev–Trinajstić information content (AvgIpc) is 2.46. The van der Waals surface area contributed by atoms with Crippen molar-refractivity contribution in [3.05, 3.63) is 33.3 Å². The minimum absolute atomic E-state index is 0.0592. The molecule has 0 radical (unpaired) electrons. The summed E-state index contributed by atoms with van der Waals surface area (Å²) in [6.07, 6.45) is 5.29. The van der Waals surface area contributed by atoms with Crippen LogP contribution in [0.5, 0.6) is 0 Å². The van der Waals surface area contributed by atoms with E-state index in [0.717, 1.165) is 34.3 Å². The Morgan fingerprint density at radius 1 is 1.57 bits per heavy atom. The Kier molecular flexibility index (Phi) is 6.09. The largest absolute Gasteiger partial charge is 0.377 e. The van der Waals surface area contributed by atoms with Crippen molar-refractivity contribution in [2.75, 3.05) is 7.11 Å². The minimum Gasteiger partial charge on any atom is -0.377 e. The van der Waals surface area contributed by atoms with E-state index in [4.69, 9.17) is 22.2 Å². The van der Waals surface area contributed by atoms with Crippen LogP contribution in [0.3, 0.4) is 0 Å². The zero-order chi connectivity index (χ0) is 15.5. The van der Waals surface area contributed by atoms with Gasteiger partial charge in [-0.15, -0.1) is 0 Å². The molecule has 0 saturated heterocycles. The molecule has 1 saturated carbocycles. The predicted octanol–water partition coefficient (Wildman–Crippen LogP) is 4.07. The van der Waals surface area contributed by atoms with Crippen LogP contribution in [0.2, 0.25) is 5.02 Å². The SMILES string of the molecule is COC1(C(Cc2ccc(Br)cc2Cl)NN)CCCC(C)C1. The first-order chi connectivity index (χ1) is 10.0. The second kappa shape index (κ2) is 7.42. The Morgan fingerprint density at radius 2 is 2.33 bits per heavy atom. The molecule has 3 N–H and O–H groups in total. The molecule has 3 nitrogen and oxygen atoms in total. The summed E-state index contributed by atoms with van der Waals surface area (Å²) < 4.78 is 6.93. The average molecular weight is 376 g/mol. The van der Waals surface area contributed by atoms with Crippen molar-refractivity contribution in [2.45, 2.75) is 50.7 Å². The summed E-state index contributed by atoms with van der Waals surface area (Å²) in [5.41, 5.74) is 3.87. The minimum atomic E-state index is -0.206. The van der Waals surface area contributed by atoms with Crippen molar-refractivity contribution in [3.63, 3.8) is 0 Å². The molecule has 3 atom stereocenters. The topological polar surface area (TPSA) is 47.3 Å². The van der Waals surface area contributed by atoms with Gasteiger partial charge in [-0.3, -0.25) is 11.3 Å². The molecular formula is C16H24BrClN2O. The van der Waals surface area contributed by atoms with Crippen LogP contribution in [0, 0.1) is 5.92 Å². The maximum atomic E-state index is 6.35. The molecule has 1 aliphatic rings. The lowest BCUT2D eigenvalue weighted by molar-refractivity contribution is -0.0791. The van der Waals surface area contributed by atoms with Crippen molar-refractivity contribution in [3.8, 4) is 0 Å². The number of methoxy groups -OCH3 is 1. The molecule has 1 aromatic rings. The van der Waals surface area contributed by atoms with E-state index in [1.54, 1.807) is 7.11 Å². The zero-order valence-corrected chi connectivity index (χ0v) is 15.0. The fraction of sp³-hybridized carbons (Fsp3) is 0.625. The lowest BCUT2D eigenvalue weighted by atomic mass is 9.73. The van der Waals surface area contributed by atoms with Crippen molar-refractivity contribution < 1.29 is 4.74 Å². The molecule has 0 amide bonds. The van der Waals surface area contributed by atoms with E-state index in [2.05, 4.69) is 28.3 Å². The number of hydrazine groups is 1. The van der Waals surface area contributed by atoms with Gasteiger partial charge in [0.1, 0.15) is 0 Å². The molecule has 0 aromatic heterocycles. The maximum absolute atomic E-state index is 6.35. The van der Waals surface area contributed by atoms with Gasteiger partial charge >= 0.3 is 0 Å². The molecule has 0 aliphatic heterocycles. The van der Waals surface area contributed by atoms with E-state index in [9.17, 15) is 0 Å². The van der Waals surface area contributed by atoms with E-state index in [1.165, 1.54) is 12.8 Å². The van der Waals surface area contributed by atoms with Gasteiger partial charge in [-0.2, -0.15) is 0 Å². The molecule has 5 heteroatoms. The van der Waals surface area contributed by atoms with Crippen molar-refractivity contribution in [1.82, 2.24) is 5.43 Å². The number of nitrogens with one attached hydrogen (secondary N) is 1. The van der Waals surface area contributed by atoms with Gasteiger partial charge in [0.15, 0.2) is 0 Å². The predicted molar refractivity (Wildman–Crippen MR) is 91.3 cm³/mol. The molecule has 1 aliphatic carbocycles. The van der Waals surface area contributed by atoms with Crippen molar-refractivity contribution in [1.29, 1.82) is 0 Å². The van der Waals surface area contributed by atoms with E-state index in [1.807, 2.05) is 18.2 Å². The highest BCUT2D eigenvalue weighted by atomic mass is 79.9. The summed E-state index contributed by atoms with van der Waals surface area (Å²) in [6, 6.07) is 6.04. The molecule has 2 rings (SSSR count). The molecule has 3 unspecified atom stereocenters. The number of ether oxygens (including phenoxy) is 1. The summed E-state index contributed by atoms with van der Waals surface area (Å²) in [7, 11) is 1.80. The lowest BCUT2D eigenvalue weighted by Crippen LogP contribution is -2.57. The molecule has 1 fully saturated rings. The number of hydrogen-bond acceptors (Lipinski definition) is 3. The van der Waals surface area contributed by atoms with Crippen LogP contribution in [-0.4, -0.2) is 18.8 Å². The van der Waals surface area contributed by atoms with Gasteiger partial charge in [0.2, 0.25) is 0 Å². The fourth-order valence-electron chi connectivity index (χ4n) is 3.49. The van der Waals surface area contributed by atoms with E-state index < -0.39 is 0 Å². The van der Waals surface area contributed by atoms with Crippen molar-refractivity contribution in [2.24, 2.45) is 11.8 Å². The first-order valence-electron chi connectivity index (χ1n) is 7.46. The lowest BCUT2D eigenvalue weighted by Gasteiger charge is -2.44. The van der Waals surface area contributed by atoms with E-state index >= 15 is 0 Å². The van der Waals surface area contributed by atoms with Gasteiger partial charge < -0.3 is 4.74 Å². The molecule has 1 aromatic carbocycles. The van der Waals surface area contributed by atoms with Crippen LogP contribution in [0.15, 0.2) is 22.7 Å². The van der Waals surface area contributed by atoms with Crippen LogP contribution in [0.1, 0.15) is 38.2 Å². The van der Waals surface area contributed by atoms with Gasteiger partial charge in [0.25, 0.3) is 0 Å². The highest BCUT2D eigenvalue weighted by Crippen LogP contribution is 2.38. The fourth-order valence-corrected chi connectivity index (χ4v) is 4.24. The van der Waals surface area contributed by atoms with E-state index in [0.29, 0.717) is 5.92 Å². The highest BCUT2D eigenvalue weighted by Gasteiger charge is 2.41. The monoisotopic (exact) mass is 374 g/mol. The third kappa shape index (κ3) is 3.99. The van der Waals surface area contributed by atoms with Crippen molar-refractivity contribution >= 4 is 27.5 Å². The second-order valence-corrected chi connectivity index (χ2v) is 7.45. The summed E-state index contributed by atoms with van der Waals surface area (Å²) in [4.78, 5) is 0. The number of rotatable bonds is 5. The third-order valence-corrected chi connectivity index (χ3v) is 5.52. The number of hydrogen-bond donors (Lipinski definition) is 2. The second-order valence-electron chi connectivity index (χ2n) is 6.13. The highest BCUT2D eigenvalue weighted by molar-refractivity contribution is 9.10. The number of benzene rings is 1. The maximum Gasteiger partial charge on any atom is 0.0850 e. The zero-order valence-electron chi connectivity index (χ0n) is 12.7. The smallest absolute Gasteiger partial charge is 0.0850 e. The Balaban J connectivity index is 2.21. The molecular weight excluding hydrogens is 352 g/mol. The summed E-state index contributed by atoms with van der Waals surface area (Å²) in [5.74, 6) is 6.52. The van der Waals surface area contributed by atoms with Gasteiger partial charge in [0.05, 0.1) is 11.6 Å². The Hall–Kier alpha value is -0.130. The Labute approximate surface area is 140 Å². The van der Waals surface area contributed by atoms with Gasteiger partial charge in [-0.05, 0) is 42.9 Å². The quantitative estimate of drug-likeness (QED) is 0.602. The van der Waals surface area contributed by atoms with Gasteiger partial charge in [0, 0.05) is 16.6 Å². The van der Waals surface area contributed by atoms with Crippen LogP contribution in [0.25, 0.3) is 0 Å². The summed E-state index contributed by atoms with van der Waals surface area (Å²) >= 11 is 9.79. The number of halogens is 2. The summed E-state index contributed by atoms with van der Waals surface area (Å²) in [5, 5.41) is 0.764. The van der Waals surface area contributed by atoms with E-state index in [-0.39, 0.29) is 11.6 Å². The van der Waals surface area contributed by atoms with Crippen LogP contribution >= 0.6 is 27.5 Å². The molecule has 0 spiro atoms. The van der Waals surface area contributed by atoms with Gasteiger partial charge in [-0.1, -0.05) is 53.4 Å². The molecule has 0 bridgehead atoms. The number of nitrogens with two attached hydrogens (primary N) is 1. The van der Waals surface area contributed by atoms with Crippen LogP contribution in [-0.2, 0) is 11.2 Å². The van der Waals surface area contributed by atoms with Gasteiger partial charge in [-0.25, -0.2) is 0 Å². The molecule has 21 heavy (non-hydrogen) atoms. The first kappa shape index (κ1) is 17.2. The Bertz CT molecular complexity index is 485. The standard InChI is InChI=1S/C16H24BrClN2O/c1-11-4-3-7-16(10-11,21-2)15(20-19)8-12-5-6-13(17)9-14(12)18/h5-6,9,11,15,20H,3-4,7-8,10,19H2,1-2H3. The normalized spacial score (nSPS) is 27.6. The van der Waals surface area contributed by atoms with Crippen LogP contribution < -0.4 is 11.3 Å². The third-order valence-electron chi connectivity index (χ3n) is 4.67. The molecule has 0 heterocycles. The molecule has 118 valence electrons. The first-order valence-corrected chi connectivity index (χ1v) is 8.63. The Morgan fingerprint density at radius 3 is 2.90 bits per heavy atom.